The maximum absolute atomic E-state index is 12.6. The Hall–Kier alpha value is -2.13. The molecule has 9 heteroatoms. The Morgan fingerprint density at radius 1 is 1.40 bits per heavy atom. The van der Waals surface area contributed by atoms with Crippen LogP contribution >= 0.6 is 0 Å². The lowest BCUT2D eigenvalue weighted by molar-refractivity contribution is -0.133. The number of amides is 1. The summed E-state index contributed by atoms with van der Waals surface area (Å²) < 4.78 is 31.1. The number of carbonyl (C=O) groups is 1. The SMILES string of the molecule is COc1ccc(CCCS(=O)(=O)N2N=C(C)CCC2C(=O)NO)cc1. The summed E-state index contributed by atoms with van der Waals surface area (Å²) in [6.45, 7) is 1.72. The third-order valence-electron chi connectivity index (χ3n) is 4.04. The highest BCUT2D eigenvalue weighted by atomic mass is 32.2. The summed E-state index contributed by atoms with van der Waals surface area (Å²) in [7, 11) is -2.17. The molecule has 1 aromatic rings. The van der Waals surface area contributed by atoms with Gasteiger partial charge in [-0.15, -0.1) is 0 Å². The van der Waals surface area contributed by atoms with Gasteiger partial charge >= 0.3 is 0 Å². The Labute approximate surface area is 147 Å². The van der Waals surface area contributed by atoms with Crippen LogP contribution in [-0.2, 0) is 21.2 Å². The number of ether oxygens (including phenoxy) is 1. The van der Waals surface area contributed by atoms with E-state index < -0.39 is 22.0 Å². The largest absolute Gasteiger partial charge is 0.497 e. The molecule has 1 heterocycles. The quantitative estimate of drug-likeness (QED) is 0.556. The molecule has 0 bridgehead atoms. The zero-order chi connectivity index (χ0) is 18.4. The molecule has 138 valence electrons. The van der Waals surface area contributed by atoms with Crippen molar-refractivity contribution in [1.82, 2.24) is 9.89 Å². The zero-order valence-corrected chi connectivity index (χ0v) is 15.1. The fourth-order valence-electron chi connectivity index (χ4n) is 2.65. The minimum absolute atomic E-state index is 0.134. The van der Waals surface area contributed by atoms with Gasteiger partial charge in [0.15, 0.2) is 0 Å². The maximum atomic E-state index is 12.6. The van der Waals surface area contributed by atoms with Gasteiger partial charge in [-0.05, 0) is 50.3 Å². The number of rotatable bonds is 7. The molecule has 0 fully saturated rings. The lowest BCUT2D eigenvalue weighted by atomic mass is 10.1. The summed E-state index contributed by atoms with van der Waals surface area (Å²) in [6.07, 6.45) is 1.78. The molecule has 0 saturated heterocycles. The van der Waals surface area contributed by atoms with Crippen molar-refractivity contribution in [3.63, 3.8) is 0 Å². The monoisotopic (exact) mass is 369 g/mol. The second-order valence-corrected chi connectivity index (χ2v) is 7.85. The number of hydroxylamine groups is 1. The highest BCUT2D eigenvalue weighted by Crippen LogP contribution is 2.21. The molecule has 1 unspecified atom stereocenters. The number of nitrogens with one attached hydrogen (secondary N) is 1. The van der Waals surface area contributed by atoms with Crippen molar-refractivity contribution in [1.29, 1.82) is 0 Å². The Morgan fingerprint density at radius 3 is 2.68 bits per heavy atom. The van der Waals surface area contributed by atoms with E-state index >= 15 is 0 Å². The molecule has 2 rings (SSSR count). The Balaban J connectivity index is 2.03. The van der Waals surface area contributed by atoms with Gasteiger partial charge in [-0.25, -0.2) is 13.9 Å². The number of aryl methyl sites for hydroxylation is 1. The molecule has 0 spiro atoms. The predicted octanol–water partition coefficient (Wildman–Crippen LogP) is 1.30. The minimum atomic E-state index is -3.75. The van der Waals surface area contributed by atoms with Crippen LogP contribution in [-0.4, -0.2) is 48.6 Å². The number of benzene rings is 1. The molecule has 1 atom stereocenters. The molecular formula is C16H23N3O5S. The van der Waals surface area contributed by atoms with Crippen molar-refractivity contribution >= 4 is 21.6 Å². The van der Waals surface area contributed by atoms with Crippen molar-refractivity contribution in [2.75, 3.05) is 12.9 Å². The Bertz CT molecular complexity index is 731. The molecule has 1 aliphatic heterocycles. The summed E-state index contributed by atoms with van der Waals surface area (Å²) in [5.74, 6) is -0.160. The first-order valence-corrected chi connectivity index (χ1v) is 9.61. The van der Waals surface area contributed by atoms with E-state index in [1.54, 1.807) is 14.0 Å². The van der Waals surface area contributed by atoms with Gasteiger partial charge in [0.05, 0.1) is 12.9 Å². The number of hydrogen-bond acceptors (Lipinski definition) is 6. The van der Waals surface area contributed by atoms with Crippen LogP contribution in [0.5, 0.6) is 5.75 Å². The fourth-order valence-corrected chi connectivity index (χ4v) is 4.20. The number of hydrogen-bond donors (Lipinski definition) is 2. The van der Waals surface area contributed by atoms with Crippen LogP contribution in [0.2, 0.25) is 0 Å². The van der Waals surface area contributed by atoms with E-state index in [0.29, 0.717) is 31.4 Å². The second-order valence-electron chi connectivity index (χ2n) is 5.91. The molecule has 1 amide bonds. The molecule has 0 radical (unpaired) electrons. The van der Waals surface area contributed by atoms with Crippen molar-refractivity contribution in [2.45, 2.75) is 38.6 Å². The van der Waals surface area contributed by atoms with Crippen molar-refractivity contribution < 1.29 is 23.2 Å². The number of sulfonamides is 1. The second kappa shape index (κ2) is 8.30. The summed E-state index contributed by atoms with van der Waals surface area (Å²) in [4.78, 5) is 11.7. The first-order chi connectivity index (χ1) is 11.9. The van der Waals surface area contributed by atoms with Crippen molar-refractivity contribution in [3.8, 4) is 5.75 Å². The molecule has 1 aliphatic rings. The highest BCUT2D eigenvalue weighted by molar-refractivity contribution is 7.89. The average Bonchev–Trinajstić information content (AvgIpc) is 2.61. The third-order valence-corrected chi connectivity index (χ3v) is 5.75. The molecule has 0 saturated carbocycles. The van der Waals surface area contributed by atoms with E-state index in [2.05, 4.69) is 5.10 Å². The molecule has 2 N–H and O–H groups in total. The lowest BCUT2D eigenvalue weighted by Crippen LogP contribution is -2.49. The molecule has 8 nitrogen and oxygen atoms in total. The highest BCUT2D eigenvalue weighted by Gasteiger charge is 2.36. The van der Waals surface area contributed by atoms with Crippen LogP contribution in [0.4, 0.5) is 0 Å². The number of carbonyl (C=O) groups excluding carboxylic acids is 1. The van der Waals surface area contributed by atoms with Crippen LogP contribution in [0.3, 0.4) is 0 Å². The average molecular weight is 369 g/mol. The summed E-state index contributed by atoms with van der Waals surface area (Å²) in [6, 6.07) is 6.40. The van der Waals surface area contributed by atoms with E-state index in [4.69, 9.17) is 9.94 Å². The maximum Gasteiger partial charge on any atom is 0.269 e. The van der Waals surface area contributed by atoms with Gasteiger partial charge in [0.25, 0.3) is 15.9 Å². The fraction of sp³-hybridized carbons (Fsp3) is 0.500. The molecule has 25 heavy (non-hydrogen) atoms. The number of hydrazone groups is 1. The topological polar surface area (TPSA) is 108 Å². The van der Waals surface area contributed by atoms with E-state index in [1.807, 2.05) is 24.3 Å². The Kier molecular flexibility index (Phi) is 6.38. The predicted molar refractivity (Wildman–Crippen MR) is 93.0 cm³/mol. The van der Waals surface area contributed by atoms with Crippen LogP contribution in [0.15, 0.2) is 29.4 Å². The van der Waals surface area contributed by atoms with Crippen LogP contribution in [0.1, 0.15) is 31.7 Å². The summed E-state index contributed by atoms with van der Waals surface area (Å²) >= 11 is 0. The third kappa shape index (κ3) is 4.93. The first kappa shape index (κ1) is 19.2. The number of methoxy groups -OCH3 is 1. The van der Waals surface area contributed by atoms with Crippen LogP contribution < -0.4 is 10.2 Å². The van der Waals surface area contributed by atoms with E-state index in [1.165, 1.54) is 5.48 Å². The van der Waals surface area contributed by atoms with Crippen molar-refractivity contribution in [3.05, 3.63) is 29.8 Å². The molecule has 1 aromatic carbocycles. The summed E-state index contributed by atoms with van der Waals surface area (Å²) in [5.41, 5.74) is 3.16. The molecule has 0 aromatic heterocycles. The van der Waals surface area contributed by atoms with Gasteiger partial charge in [0, 0.05) is 5.71 Å². The van der Waals surface area contributed by atoms with E-state index in [-0.39, 0.29) is 5.75 Å². The standard InChI is InChI=1S/C16H23N3O5S/c1-12-5-10-15(16(20)18-21)19(17-12)25(22,23)11-3-4-13-6-8-14(24-2)9-7-13/h6-9,15,21H,3-5,10-11H2,1-2H3,(H,18,20). The lowest BCUT2D eigenvalue weighted by Gasteiger charge is -2.30. The first-order valence-electron chi connectivity index (χ1n) is 8.00. The van der Waals surface area contributed by atoms with Gasteiger partial charge in [-0.1, -0.05) is 12.1 Å². The minimum Gasteiger partial charge on any atom is -0.497 e. The van der Waals surface area contributed by atoms with Gasteiger partial charge in [-0.3, -0.25) is 10.0 Å². The Morgan fingerprint density at radius 2 is 2.08 bits per heavy atom. The number of nitrogens with zero attached hydrogens (tertiary/aromatic N) is 2. The van der Waals surface area contributed by atoms with E-state index in [9.17, 15) is 13.2 Å². The van der Waals surface area contributed by atoms with Crippen LogP contribution in [0, 0.1) is 0 Å². The van der Waals surface area contributed by atoms with Gasteiger partial charge < -0.3 is 4.74 Å². The zero-order valence-electron chi connectivity index (χ0n) is 14.3. The van der Waals surface area contributed by atoms with Gasteiger partial charge in [-0.2, -0.15) is 9.52 Å². The smallest absolute Gasteiger partial charge is 0.269 e. The van der Waals surface area contributed by atoms with Gasteiger partial charge in [0.1, 0.15) is 11.8 Å². The summed E-state index contributed by atoms with van der Waals surface area (Å²) in [5, 5.41) is 12.9. The van der Waals surface area contributed by atoms with Gasteiger partial charge in [0.2, 0.25) is 0 Å². The molecule has 0 aliphatic carbocycles. The van der Waals surface area contributed by atoms with Crippen molar-refractivity contribution in [2.24, 2.45) is 5.10 Å². The van der Waals surface area contributed by atoms with Crippen LogP contribution in [0.25, 0.3) is 0 Å². The molecular weight excluding hydrogens is 346 g/mol. The normalized spacial score (nSPS) is 17.8. The van der Waals surface area contributed by atoms with E-state index in [0.717, 1.165) is 15.7 Å².